The number of hydrogen-bond acceptors (Lipinski definition) is 3. The van der Waals surface area contributed by atoms with E-state index in [0.29, 0.717) is 10.7 Å². The molecule has 0 aromatic heterocycles. The fraction of sp³-hybridized carbons (Fsp3) is 0.200. The van der Waals surface area contributed by atoms with Crippen molar-refractivity contribution < 1.29 is 9.28 Å². The summed E-state index contributed by atoms with van der Waals surface area (Å²) in [5, 5.41) is 2.24. The Balaban J connectivity index is 2.44. The number of thiocarbonyl (C=S) groups is 1. The molecule has 0 bridgehead atoms. The highest BCUT2D eigenvalue weighted by Crippen LogP contribution is 2.32. The van der Waals surface area contributed by atoms with Gasteiger partial charge in [0.15, 0.2) is 4.96 Å². The van der Waals surface area contributed by atoms with E-state index in [0.717, 1.165) is 9.91 Å². The molecule has 9 heteroatoms. The largest absolute Gasteiger partial charge is 0.370 e. The lowest BCUT2D eigenvalue weighted by Crippen LogP contribution is -2.43. The molecule has 1 atom stereocenters. The van der Waals surface area contributed by atoms with Crippen LogP contribution in [-0.2, 0) is 0 Å². The predicted octanol–water partition coefficient (Wildman–Crippen LogP) is 3.77. The molecule has 1 unspecified atom stereocenters. The lowest BCUT2D eigenvalue weighted by molar-refractivity contribution is -0.0993. The number of carbonyl (C=O) groups excluding carboxylic acids is 1. The molecule has 0 radical (unpaired) electrons. The Hall–Kier alpha value is -0.660. The summed E-state index contributed by atoms with van der Waals surface area (Å²) >= 11 is 22.0. The van der Waals surface area contributed by atoms with Crippen molar-refractivity contribution >= 4 is 64.1 Å². The van der Waals surface area contributed by atoms with Gasteiger partial charge in [-0.25, -0.2) is 4.79 Å². The Kier molecular flexibility index (Phi) is 4.47. The number of alkyl halides is 2. The molecule has 0 aliphatic carbocycles. The minimum Gasteiger partial charge on any atom is -0.269 e. The van der Waals surface area contributed by atoms with Gasteiger partial charge in [0.1, 0.15) is 6.17 Å². The molecule has 1 heterocycles. The Morgan fingerprint density at radius 3 is 2.63 bits per heavy atom. The normalized spacial score (nSPS) is 20.5. The minimum atomic E-state index is -1.26. The van der Waals surface area contributed by atoms with Crippen LogP contribution in [0.1, 0.15) is 0 Å². The number of hydrazine groups is 1. The van der Waals surface area contributed by atoms with Crippen molar-refractivity contribution in [2.75, 3.05) is 4.90 Å². The second kappa shape index (κ2) is 5.76. The van der Waals surface area contributed by atoms with Crippen molar-refractivity contribution in [1.82, 2.24) is 10.2 Å². The number of carbonyl (C=O) groups is 1. The summed E-state index contributed by atoms with van der Waals surface area (Å²) in [6.07, 6.45) is -0.911. The van der Waals surface area contributed by atoms with E-state index in [9.17, 15) is 9.28 Å². The maximum Gasteiger partial charge on any atom is 0.370 e. The molecule has 1 aromatic rings. The third-order valence-corrected chi connectivity index (χ3v) is 3.39. The first-order valence-corrected chi connectivity index (χ1v) is 6.76. The van der Waals surface area contributed by atoms with Gasteiger partial charge in [-0.1, -0.05) is 62.8 Å². The van der Waals surface area contributed by atoms with Crippen molar-refractivity contribution in [3.8, 4) is 0 Å². The molecule has 1 fully saturated rings. The highest BCUT2D eigenvalue weighted by Gasteiger charge is 2.47. The van der Waals surface area contributed by atoms with E-state index >= 15 is 0 Å². The number of rotatable bonds is 3. The summed E-state index contributed by atoms with van der Waals surface area (Å²) in [4.78, 5) is 11.8. The minimum absolute atomic E-state index is 0.168. The number of halogens is 4. The topological polar surface area (TPSA) is 26.8 Å². The van der Waals surface area contributed by atoms with Crippen LogP contribution in [0.2, 0.25) is 5.02 Å². The standard InChI is InChI=1S/C10H7Cl3FN3OS/c11-6-2-1-3-7(4-6)15-8(5-19)16(9(12)13)17(14)10(15)18/h1-5,8-9H. The SMILES string of the molecule is O=C1N(c2cccc(Cl)c2)C(C=S)N(C(Cl)Cl)N1F. The second-order valence-electron chi connectivity index (χ2n) is 3.60. The van der Waals surface area contributed by atoms with Gasteiger partial charge in [0.25, 0.3) is 0 Å². The van der Waals surface area contributed by atoms with Crippen LogP contribution in [0.25, 0.3) is 0 Å². The quantitative estimate of drug-likeness (QED) is 0.362. The zero-order valence-electron chi connectivity index (χ0n) is 9.21. The molecular formula is C10H7Cl3FN3OS. The van der Waals surface area contributed by atoms with E-state index in [4.69, 9.17) is 47.0 Å². The third kappa shape index (κ3) is 2.64. The van der Waals surface area contributed by atoms with Gasteiger partial charge in [-0.2, -0.15) is 0 Å². The average molecular weight is 343 g/mol. The molecule has 1 aliphatic heterocycles. The van der Waals surface area contributed by atoms with E-state index in [2.05, 4.69) is 0 Å². The first-order chi connectivity index (χ1) is 8.97. The van der Waals surface area contributed by atoms with Crippen LogP contribution in [0.4, 0.5) is 15.0 Å². The molecule has 0 spiro atoms. The van der Waals surface area contributed by atoms with E-state index in [1.807, 2.05) is 0 Å². The summed E-state index contributed by atoms with van der Waals surface area (Å²) < 4.78 is 13.8. The highest BCUT2D eigenvalue weighted by molar-refractivity contribution is 7.79. The van der Waals surface area contributed by atoms with Crippen LogP contribution in [-0.4, -0.2) is 32.8 Å². The Morgan fingerprint density at radius 2 is 2.11 bits per heavy atom. The zero-order valence-corrected chi connectivity index (χ0v) is 12.3. The van der Waals surface area contributed by atoms with Gasteiger partial charge in [-0.05, 0) is 18.2 Å². The molecule has 0 saturated carbocycles. The molecule has 19 heavy (non-hydrogen) atoms. The highest BCUT2D eigenvalue weighted by atomic mass is 35.5. The summed E-state index contributed by atoms with van der Waals surface area (Å²) in [6, 6.07) is 5.44. The van der Waals surface area contributed by atoms with Gasteiger partial charge in [0, 0.05) is 16.1 Å². The molecule has 1 saturated heterocycles. The Bertz CT molecular complexity index is 519. The van der Waals surface area contributed by atoms with Crippen molar-refractivity contribution in [3.63, 3.8) is 0 Å². The number of nitrogens with zero attached hydrogens (tertiary/aromatic N) is 3. The second-order valence-corrected chi connectivity index (χ2v) is 5.36. The fourth-order valence-electron chi connectivity index (χ4n) is 1.73. The average Bonchev–Trinajstić information content (AvgIpc) is 2.61. The summed E-state index contributed by atoms with van der Waals surface area (Å²) in [7, 11) is 0. The lowest BCUT2D eigenvalue weighted by atomic mass is 10.3. The van der Waals surface area contributed by atoms with E-state index in [1.54, 1.807) is 18.2 Å². The summed E-state index contributed by atoms with van der Waals surface area (Å²) in [5.74, 6) is 0. The molecule has 1 aliphatic rings. The van der Waals surface area contributed by atoms with Crippen LogP contribution >= 0.6 is 47.0 Å². The van der Waals surface area contributed by atoms with Crippen LogP contribution in [0.5, 0.6) is 0 Å². The smallest absolute Gasteiger partial charge is 0.269 e. The third-order valence-electron chi connectivity index (χ3n) is 2.51. The van der Waals surface area contributed by atoms with Crippen molar-refractivity contribution in [2.24, 2.45) is 0 Å². The van der Waals surface area contributed by atoms with Crippen LogP contribution in [0.3, 0.4) is 0 Å². The van der Waals surface area contributed by atoms with Gasteiger partial charge < -0.3 is 0 Å². The summed E-state index contributed by atoms with van der Waals surface area (Å²) in [6.45, 7) is 0. The van der Waals surface area contributed by atoms with E-state index in [-0.39, 0.29) is 5.23 Å². The van der Waals surface area contributed by atoms with Crippen LogP contribution in [0.15, 0.2) is 24.3 Å². The molecular weight excluding hydrogens is 336 g/mol. The number of anilines is 1. The first-order valence-electron chi connectivity index (χ1n) is 5.03. The maximum absolute atomic E-state index is 13.8. The van der Waals surface area contributed by atoms with Crippen LogP contribution < -0.4 is 4.90 Å². The molecule has 2 amide bonds. The first kappa shape index (κ1) is 14.7. The Labute approximate surface area is 129 Å². The zero-order chi connectivity index (χ0) is 14.2. The molecule has 102 valence electrons. The number of amides is 2. The van der Waals surface area contributed by atoms with Gasteiger partial charge >= 0.3 is 6.03 Å². The van der Waals surface area contributed by atoms with E-state index < -0.39 is 17.2 Å². The summed E-state index contributed by atoms with van der Waals surface area (Å²) in [5.41, 5.74) is 0.391. The van der Waals surface area contributed by atoms with Crippen molar-refractivity contribution in [1.29, 1.82) is 0 Å². The monoisotopic (exact) mass is 341 g/mol. The van der Waals surface area contributed by atoms with Crippen LogP contribution in [0, 0.1) is 0 Å². The number of benzene rings is 1. The fourth-order valence-corrected chi connectivity index (χ4v) is 2.54. The molecule has 2 rings (SSSR count). The lowest BCUT2D eigenvalue weighted by Gasteiger charge is -2.25. The van der Waals surface area contributed by atoms with Crippen molar-refractivity contribution in [2.45, 2.75) is 11.1 Å². The molecule has 0 N–H and O–H groups in total. The number of urea groups is 1. The molecule has 1 aromatic carbocycles. The number of hydrogen-bond donors (Lipinski definition) is 0. The van der Waals surface area contributed by atoms with Crippen molar-refractivity contribution in [3.05, 3.63) is 29.3 Å². The van der Waals surface area contributed by atoms with Gasteiger partial charge in [0.05, 0.1) is 0 Å². The maximum atomic E-state index is 13.8. The van der Waals surface area contributed by atoms with Gasteiger partial charge in [-0.3, -0.25) is 4.90 Å². The predicted molar refractivity (Wildman–Crippen MR) is 77.1 cm³/mol. The molecule has 4 nitrogen and oxygen atoms in total. The Morgan fingerprint density at radius 1 is 1.42 bits per heavy atom. The van der Waals surface area contributed by atoms with Gasteiger partial charge in [0.2, 0.25) is 0 Å². The van der Waals surface area contributed by atoms with E-state index in [1.165, 1.54) is 11.4 Å². The van der Waals surface area contributed by atoms with Gasteiger partial charge in [-0.15, -0.1) is 5.01 Å².